The number of non-ortho nitro benzene ring substituents is 1. The van der Waals surface area contributed by atoms with Gasteiger partial charge in [0.25, 0.3) is 11.6 Å². The van der Waals surface area contributed by atoms with Crippen LogP contribution in [0.1, 0.15) is 15.9 Å². The molecule has 3 aromatic carbocycles. The molecule has 0 spiro atoms. The molecule has 7 heteroatoms. The molecule has 1 N–H and O–H groups in total. The molecule has 0 radical (unpaired) electrons. The maximum atomic E-state index is 12.8. The number of carbonyl (C=O) groups excluding carboxylic acids is 1. The minimum Gasteiger partial charge on any atom is -0.456 e. The summed E-state index contributed by atoms with van der Waals surface area (Å²) in [6.07, 6.45) is 0. The van der Waals surface area contributed by atoms with E-state index in [0.717, 1.165) is 5.56 Å². The number of nitro benzene ring substituents is 1. The minimum absolute atomic E-state index is 0.0485. The second-order valence-electron chi connectivity index (χ2n) is 6.05. The van der Waals surface area contributed by atoms with E-state index in [2.05, 4.69) is 5.32 Å². The quantitative estimate of drug-likeness (QED) is 0.520. The number of aryl methyl sites for hydroxylation is 1. The normalized spacial score (nSPS) is 12.1. The maximum Gasteiger partial charge on any atom is 0.276 e. The number of amides is 1. The molecule has 1 heterocycles. The third kappa shape index (κ3) is 3.18. The first kappa shape index (κ1) is 16.6. The van der Waals surface area contributed by atoms with Crippen LogP contribution in [0.2, 0.25) is 0 Å². The van der Waals surface area contributed by atoms with E-state index in [0.29, 0.717) is 17.2 Å². The predicted molar refractivity (Wildman–Crippen MR) is 98.8 cm³/mol. The zero-order valence-electron chi connectivity index (χ0n) is 14.3. The van der Waals surface area contributed by atoms with E-state index in [1.165, 1.54) is 12.1 Å². The molecule has 0 fully saturated rings. The standard InChI is InChI=1S/C20H14N2O5/c1-12-7-8-15-16(9-12)27-18-11-13(22(24)25)10-17(19(18)20(23)21-15)26-14-5-3-2-4-6-14/h2-11H,1H3,(H,21,23). The first-order valence-corrected chi connectivity index (χ1v) is 8.16. The van der Waals surface area contributed by atoms with Crippen molar-refractivity contribution in [2.75, 3.05) is 5.32 Å². The monoisotopic (exact) mass is 362 g/mol. The van der Waals surface area contributed by atoms with E-state index in [1.807, 2.05) is 19.1 Å². The van der Waals surface area contributed by atoms with E-state index in [1.54, 1.807) is 36.4 Å². The lowest BCUT2D eigenvalue weighted by molar-refractivity contribution is -0.385. The van der Waals surface area contributed by atoms with E-state index in [9.17, 15) is 14.9 Å². The predicted octanol–water partition coefficient (Wildman–Crippen LogP) is 5.05. The van der Waals surface area contributed by atoms with Crippen LogP contribution in [0.3, 0.4) is 0 Å². The molecule has 27 heavy (non-hydrogen) atoms. The summed E-state index contributed by atoms with van der Waals surface area (Å²) in [5.41, 5.74) is 1.27. The van der Waals surface area contributed by atoms with Gasteiger partial charge in [-0.05, 0) is 36.8 Å². The van der Waals surface area contributed by atoms with Gasteiger partial charge in [-0.1, -0.05) is 24.3 Å². The topological polar surface area (TPSA) is 90.7 Å². The average molecular weight is 362 g/mol. The van der Waals surface area contributed by atoms with E-state index in [-0.39, 0.29) is 22.7 Å². The van der Waals surface area contributed by atoms with Crippen molar-refractivity contribution in [3.8, 4) is 23.0 Å². The Kier molecular flexibility index (Phi) is 3.97. The van der Waals surface area contributed by atoms with Gasteiger partial charge in [0, 0.05) is 0 Å². The SMILES string of the molecule is Cc1ccc2c(c1)Oc1cc([N+](=O)[O-])cc(Oc3ccccc3)c1C(=O)N2. The van der Waals surface area contributed by atoms with Crippen LogP contribution in [-0.2, 0) is 0 Å². The molecule has 0 bridgehead atoms. The Balaban J connectivity index is 1.88. The molecule has 0 aliphatic carbocycles. The lowest BCUT2D eigenvalue weighted by Crippen LogP contribution is -2.12. The van der Waals surface area contributed by atoms with E-state index in [4.69, 9.17) is 9.47 Å². The van der Waals surface area contributed by atoms with Crippen molar-refractivity contribution in [2.24, 2.45) is 0 Å². The van der Waals surface area contributed by atoms with Crippen LogP contribution in [0, 0.1) is 17.0 Å². The van der Waals surface area contributed by atoms with Crippen LogP contribution in [0.5, 0.6) is 23.0 Å². The summed E-state index contributed by atoms with van der Waals surface area (Å²) in [5, 5.41) is 14.1. The van der Waals surface area contributed by atoms with Crippen molar-refractivity contribution in [3.63, 3.8) is 0 Å². The lowest BCUT2D eigenvalue weighted by Gasteiger charge is -2.12. The summed E-state index contributed by atoms with van der Waals surface area (Å²) < 4.78 is 11.6. The van der Waals surface area contributed by atoms with Crippen LogP contribution >= 0.6 is 0 Å². The van der Waals surface area contributed by atoms with Crippen LogP contribution in [0.25, 0.3) is 0 Å². The third-order valence-corrected chi connectivity index (χ3v) is 4.06. The second kappa shape index (κ2) is 6.45. The number of rotatable bonds is 3. The number of benzene rings is 3. The summed E-state index contributed by atoms with van der Waals surface area (Å²) in [4.78, 5) is 23.6. The fraction of sp³-hybridized carbons (Fsp3) is 0.0500. The summed E-state index contributed by atoms with van der Waals surface area (Å²) in [7, 11) is 0. The highest BCUT2D eigenvalue weighted by atomic mass is 16.6. The van der Waals surface area contributed by atoms with Crippen LogP contribution < -0.4 is 14.8 Å². The molecule has 3 aromatic rings. The van der Waals surface area contributed by atoms with Crippen molar-refractivity contribution >= 4 is 17.3 Å². The van der Waals surface area contributed by atoms with Gasteiger partial charge in [0.15, 0.2) is 17.2 Å². The van der Waals surface area contributed by atoms with Gasteiger partial charge in [0.05, 0.1) is 22.7 Å². The Morgan fingerprint density at radius 1 is 1.04 bits per heavy atom. The fourth-order valence-corrected chi connectivity index (χ4v) is 2.80. The molecule has 7 nitrogen and oxygen atoms in total. The van der Waals surface area contributed by atoms with E-state index >= 15 is 0 Å². The highest BCUT2D eigenvalue weighted by molar-refractivity contribution is 6.10. The smallest absolute Gasteiger partial charge is 0.276 e. The Hall–Kier alpha value is -3.87. The number of nitro groups is 1. The molecular weight excluding hydrogens is 348 g/mol. The number of nitrogens with one attached hydrogen (secondary N) is 1. The number of nitrogens with zero attached hydrogens (tertiary/aromatic N) is 1. The molecule has 0 aromatic heterocycles. The molecule has 1 aliphatic heterocycles. The summed E-state index contributed by atoms with van der Waals surface area (Å²) >= 11 is 0. The largest absolute Gasteiger partial charge is 0.456 e. The molecule has 4 rings (SSSR count). The van der Waals surface area contributed by atoms with Gasteiger partial charge in [-0.25, -0.2) is 0 Å². The van der Waals surface area contributed by atoms with Gasteiger partial charge < -0.3 is 14.8 Å². The molecule has 0 unspecified atom stereocenters. The maximum absolute atomic E-state index is 12.8. The van der Waals surface area contributed by atoms with Gasteiger partial charge >= 0.3 is 0 Å². The first-order chi connectivity index (χ1) is 13.0. The van der Waals surface area contributed by atoms with Crippen LogP contribution in [0.15, 0.2) is 60.7 Å². The van der Waals surface area contributed by atoms with Crippen LogP contribution in [0.4, 0.5) is 11.4 Å². The Morgan fingerprint density at radius 2 is 1.81 bits per heavy atom. The molecule has 0 atom stereocenters. The third-order valence-electron chi connectivity index (χ3n) is 4.06. The summed E-state index contributed by atoms with van der Waals surface area (Å²) in [5.74, 6) is 0.511. The van der Waals surface area contributed by atoms with Gasteiger partial charge in [-0.15, -0.1) is 0 Å². The van der Waals surface area contributed by atoms with Gasteiger partial charge in [0.1, 0.15) is 11.3 Å². The Bertz CT molecular complexity index is 1060. The number of anilines is 1. The van der Waals surface area contributed by atoms with Crippen molar-refractivity contribution in [1.29, 1.82) is 0 Å². The number of carbonyl (C=O) groups is 1. The summed E-state index contributed by atoms with van der Waals surface area (Å²) in [6, 6.07) is 16.5. The molecule has 1 aliphatic rings. The number of fused-ring (bicyclic) bond motifs is 2. The minimum atomic E-state index is -0.554. The van der Waals surface area contributed by atoms with E-state index < -0.39 is 10.8 Å². The molecular formula is C20H14N2O5. The van der Waals surface area contributed by atoms with Crippen molar-refractivity contribution < 1.29 is 19.2 Å². The number of hydrogen-bond acceptors (Lipinski definition) is 5. The van der Waals surface area contributed by atoms with Crippen molar-refractivity contribution in [1.82, 2.24) is 0 Å². The van der Waals surface area contributed by atoms with Gasteiger partial charge in [-0.3, -0.25) is 14.9 Å². The average Bonchev–Trinajstić information content (AvgIpc) is 2.78. The number of ether oxygens (including phenoxy) is 2. The highest BCUT2D eigenvalue weighted by Gasteiger charge is 2.28. The van der Waals surface area contributed by atoms with Gasteiger partial charge in [0.2, 0.25) is 0 Å². The zero-order chi connectivity index (χ0) is 19.0. The lowest BCUT2D eigenvalue weighted by atomic mass is 10.1. The fourth-order valence-electron chi connectivity index (χ4n) is 2.80. The summed E-state index contributed by atoms with van der Waals surface area (Å²) in [6.45, 7) is 1.88. The molecule has 0 saturated heterocycles. The van der Waals surface area contributed by atoms with Crippen molar-refractivity contribution in [3.05, 3.63) is 81.9 Å². The second-order valence-corrected chi connectivity index (χ2v) is 6.05. The Morgan fingerprint density at radius 3 is 2.56 bits per heavy atom. The molecule has 1 amide bonds. The van der Waals surface area contributed by atoms with Gasteiger partial charge in [-0.2, -0.15) is 0 Å². The van der Waals surface area contributed by atoms with Crippen LogP contribution in [-0.4, -0.2) is 10.8 Å². The molecule has 0 saturated carbocycles. The molecule has 134 valence electrons. The highest BCUT2D eigenvalue weighted by Crippen LogP contribution is 2.43. The number of hydrogen-bond donors (Lipinski definition) is 1. The number of para-hydroxylation sites is 1. The first-order valence-electron chi connectivity index (χ1n) is 8.16. The van der Waals surface area contributed by atoms with Crippen molar-refractivity contribution in [2.45, 2.75) is 6.92 Å². The zero-order valence-corrected chi connectivity index (χ0v) is 14.3. The Labute approximate surface area is 154 Å².